The van der Waals surface area contributed by atoms with Crippen LogP contribution < -0.4 is 5.73 Å². The van der Waals surface area contributed by atoms with Crippen LogP contribution in [-0.2, 0) is 20.0 Å². The molecular weight excluding hydrogens is 274 g/mol. The summed E-state index contributed by atoms with van der Waals surface area (Å²) in [6.45, 7) is 3.67. The summed E-state index contributed by atoms with van der Waals surface area (Å²) in [5.74, 6) is 0.950. The van der Waals surface area contributed by atoms with Crippen molar-refractivity contribution in [3.63, 3.8) is 0 Å². The van der Waals surface area contributed by atoms with Gasteiger partial charge in [0.05, 0.1) is 12.4 Å². The van der Waals surface area contributed by atoms with Crippen molar-refractivity contribution in [1.29, 1.82) is 0 Å². The molecule has 0 amide bonds. The molecule has 20 heavy (non-hydrogen) atoms. The second-order valence-corrected chi connectivity index (χ2v) is 5.41. The zero-order valence-corrected chi connectivity index (χ0v) is 12.8. The van der Waals surface area contributed by atoms with Gasteiger partial charge in [-0.25, -0.2) is 0 Å². The van der Waals surface area contributed by atoms with E-state index in [-0.39, 0.29) is 5.97 Å². The van der Waals surface area contributed by atoms with E-state index in [4.69, 9.17) is 15.2 Å². The van der Waals surface area contributed by atoms with E-state index in [2.05, 4.69) is 6.92 Å². The van der Waals surface area contributed by atoms with Gasteiger partial charge in [-0.15, -0.1) is 11.8 Å². The van der Waals surface area contributed by atoms with Crippen molar-refractivity contribution in [2.24, 2.45) is 0 Å². The third-order valence-corrected chi connectivity index (χ3v) is 3.58. The van der Waals surface area contributed by atoms with Gasteiger partial charge in [0.2, 0.25) is 0 Å². The van der Waals surface area contributed by atoms with Crippen LogP contribution in [0.25, 0.3) is 0 Å². The number of hydrogen-bond acceptors (Lipinski definition) is 5. The Labute approximate surface area is 125 Å². The molecule has 5 heteroatoms. The van der Waals surface area contributed by atoms with Gasteiger partial charge in [-0.3, -0.25) is 4.79 Å². The normalized spacial score (nSPS) is 10.4. The third-order valence-electron chi connectivity index (χ3n) is 2.60. The van der Waals surface area contributed by atoms with Gasteiger partial charge in [0.15, 0.2) is 0 Å². The molecule has 0 unspecified atom stereocenters. The third kappa shape index (κ3) is 8.07. The fourth-order valence-electron chi connectivity index (χ4n) is 1.47. The highest BCUT2D eigenvalue weighted by Crippen LogP contribution is 2.13. The Balaban J connectivity index is 2.01. The molecule has 0 radical (unpaired) electrons. The molecule has 1 rings (SSSR count). The summed E-state index contributed by atoms with van der Waals surface area (Å²) in [6.07, 6.45) is 2.16. The quantitative estimate of drug-likeness (QED) is 0.409. The largest absolute Gasteiger partial charge is 0.463 e. The zero-order chi connectivity index (χ0) is 14.6. The Hall–Kier alpha value is -1.20. The summed E-state index contributed by atoms with van der Waals surface area (Å²) >= 11 is 1.54. The predicted octanol–water partition coefficient (Wildman–Crippen LogP) is 2.86. The van der Waals surface area contributed by atoms with Gasteiger partial charge in [-0.05, 0) is 24.1 Å². The molecule has 0 fully saturated rings. The number of carbonyl (C=O) groups excluding carboxylic acids is 1. The van der Waals surface area contributed by atoms with Crippen LogP contribution in [0.15, 0.2) is 24.3 Å². The number of anilines is 1. The Morgan fingerprint density at radius 3 is 2.65 bits per heavy atom. The number of ether oxygens (including phenoxy) is 2. The fourth-order valence-corrected chi connectivity index (χ4v) is 2.25. The topological polar surface area (TPSA) is 61.5 Å². The van der Waals surface area contributed by atoms with Crippen LogP contribution in [0.3, 0.4) is 0 Å². The Kier molecular flexibility index (Phi) is 8.91. The van der Waals surface area contributed by atoms with Crippen molar-refractivity contribution < 1.29 is 14.3 Å². The fraction of sp³-hybridized carbons (Fsp3) is 0.533. The van der Waals surface area contributed by atoms with Crippen molar-refractivity contribution in [2.45, 2.75) is 25.5 Å². The molecule has 0 aliphatic carbocycles. The Bertz CT molecular complexity index is 381. The molecule has 0 heterocycles. The highest BCUT2D eigenvalue weighted by atomic mass is 32.2. The van der Waals surface area contributed by atoms with Crippen LogP contribution in [0, 0.1) is 0 Å². The molecule has 0 aromatic heterocycles. The molecule has 0 aliphatic rings. The SMILES string of the molecule is CCCCOCCOC(=O)CSCc1ccc(N)cc1. The number of nitrogens with two attached hydrogens (primary N) is 1. The summed E-state index contributed by atoms with van der Waals surface area (Å²) in [7, 11) is 0. The van der Waals surface area contributed by atoms with Gasteiger partial charge in [0.25, 0.3) is 0 Å². The minimum absolute atomic E-state index is 0.190. The lowest BCUT2D eigenvalue weighted by Gasteiger charge is -2.06. The number of benzene rings is 1. The summed E-state index contributed by atoms with van der Waals surface area (Å²) in [4.78, 5) is 11.5. The van der Waals surface area contributed by atoms with E-state index >= 15 is 0 Å². The monoisotopic (exact) mass is 297 g/mol. The maximum Gasteiger partial charge on any atom is 0.315 e. The van der Waals surface area contributed by atoms with E-state index < -0.39 is 0 Å². The molecular formula is C15H23NO3S. The number of unbranched alkanes of at least 4 members (excludes halogenated alkanes) is 1. The first-order valence-corrected chi connectivity index (χ1v) is 8.03. The number of thioether (sulfide) groups is 1. The van der Waals surface area contributed by atoms with E-state index in [1.54, 1.807) is 0 Å². The van der Waals surface area contributed by atoms with Crippen molar-refractivity contribution in [2.75, 3.05) is 31.3 Å². The second kappa shape index (κ2) is 10.6. The first-order chi connectivity index (χ1) is 9.72. The van der Waals surface area contributed by atoms with Gasteiger partial charge in [0.1, 0.15) is 6.61 Å². The molecule has 2 N–H and O–H groups in total. The van der Waals surface area contributed by atoms with E-state index in [9.17, 15) is 4.79 Å². The maximum atomic E-state index is 11.5. The molecule has 0 saturated heterocycles. The number of nitrogen functional groups attached to an aromatic ring is 1. The van der Waals surface area contributed by atoms with Crippen LogP contribution in [0.4, 0.5) is 5.69 Å². The minimum atomic E-state index is -0.190. The summed E-state index contributed by atoms with van der Waals surface area (Å²) in [5.41, 5.74) is 7.51. The van der Waals surface area contributed by atoms with Crippen LogP contribution in [0.2, 0.25) is 0 Å². The molecule has 0 saturated carbocycles. The maximum absolute atomic E-state index is 11.5. The van der Waals surface area contributed by atoms with Gasteiger partial charge in [-0.1, -0.05) is 25.5 Å². The van der Waals surface area contributed by atoms with Crippen LogP contribution in [0.1, 0.15) is 25.3 Å². The van der Waals surface area contributed by atoms with E-state index in [1.165, 1.54) is 11.8 Å². The smallest absolute Gasteiger partial charge is 0.315 e. The summed E-state index contributed by atoms with van der Waals surface area (Å²) in [6, 6.07) is 7.66. The van der Waals surface area contributed by atoms with Crippen molar-refractivity contribution in [3.05, 3.63) is 29.8 Å². The van der Waals surface area contributed by atoms with E-state index in [0.29, 0.717) is 19.0 Å². The highest BCUT2D eigenvalue weighted by molar-refractivity contribution is 7.99. The summed E-state index contributed by atoms with van der Waals surface area (Å²) < 4.78 is 10.4. The molecule has 4 nitrogen and oxygen atoms in total. The summed E-state index contributed by atoms with van der Waals surface area (Å²) in [5, 5.41) is 0. The lowest BCUT2D eigenvalue weighted by Crippen LogP contribution is -2.12. The number of carbonyl (C=O) groups is 1. The Morgan fingerprint density at radius 1 is 1.20 bits per heavy atom. The van der Waals surface area contributed by atoms with Crippen molar-refractivity contribution >= 4 is 23.4 Å². The molecule has 0 atom stereocenters. The molecule has 112 valence electrons. The molecule has 0 bridgehead atoms. The second-order valence-electron chi connectivity index (χ2n) is 4.42. The zero-order valence-electron chi connectivity index (χ0n) is 12.0. The molecule has 0 aliphatic heterocycles. The lowest BCUT2D eigenvalue weighted by atomic mass is 10.2. The van der Waals surface area contributed by atoms with Crippen molar-refractivity contribution in [3.8, 4) is 0 Å². The van der Waals surface area contributed by atoms with Crippen LogP contribution in [-0.4, -0.2) is 31.5 Å². The minimum Gasteiger partial charge on any atom is -0.463 e. The van der Waals surface area contributed by atoms with Crippen molar-refractivity contribution in [1.82, 2.24) is 0 Å². The van der Waals surface area contributed by atoms with E-state index in [1.807, 2.05) is 24.3 Å². The highest BCUT2D eigenvalue weighted by Gasteiger charge is 2.03. The predicted molar refractivity (Wildman–Crippen MR) is 83.7 cm³/mol. The standard InChI is InChI=1S/C15H23NO3S/c1-2-3-8-18-9-10-19-15(17)12-20-11-13-4-6-14(16)7-5-13/h4-7H,2-3,8-12,16H2,1H3. The van der Waals surface area contributed by atoms with E-state index in [0.717, 1.165) is 36.5 Å². The van der Waals surface area contributed by atoms with Crippen LogP contribution in [0.5, 0.6) is 0 Å². The van der Waals surface area contributed by atoms with Gasteiger partial charge < -0.3 is 15.2 Å². The average Bonchev–Trinajstić information content (AvgIpc) is 2.45. The first-order valence-electron chi connectivity index (χ1n) is 6.88. The first kappa shape index (κ1) is 16.9. The van der Waals surface area contributed by atoms with Crippen LogP contribution >= 0.6 is 11.8 Å². The Morgan fingerprint density at radius 2 is 1.95 bits per heavy atom. The average molecular weight is 297 g/mol. The number of rotatable bonds is 10. The lowest BCUT2D eigenvalue weighted by molar-refractivity contribution is -0.141. The van der Waals surface area contributed by atoms with Gasteiger partial charge in [0, 0.05) is 18.0 Å². The number of esters is 1. The molecule has 0 spiro atoms. The van der Waals surface area contributed by atoms with Gasteiger partial charge >= 0.3 is 5.97 Å². The van der Waals surface area contributed by atoms with Gasteiger partial charge in [-0.2, -0.15) is 0 Å². The molecule has 1 aromatic carbocycles. The number of hydrogen-bond donors (Lipinski definition) is 1. The molecule has 1 aromatic rings.